The first-order valence-corrected chi connectivity index (χ1v) is 12.4. The number of likely N-dealkylation sites (tertiary alicyclic amines) is 1. The first-order valence-electron chi connectivity index (χ1n) is 12.4. The molecule has 2 aromatic carbocycles. The fraction of sp³-hybridized carbons (Fsp3) is 0.571. The minimum Gasteiger partial charge on any atom is -0.497 e. The summed E-state index contributed by atoms with van der Waals surface area (Å²) in [6, 6.07) is 18.0. The molecular formula is C28H36N2O2. The molecule has 32 heavy (non-hydrogen) atoms. The van der Waals surface area contributed by atoms with Crippen molar-refractivity contribution in [1.29, 1.82) is 0 Å². The van der Waals surface area contributed by atoms with Gasteiger partial charge >= 0.3 is 0 Å². The molecule has 4 nitrogen and oxygen atoms in total. The largest absolute Gasteiger partial charge is 0.497 e. The molecule has 2 aliphatic carbocycles. The molecule has 3 fully saturated rings. The minimum absolute atomic E-state index is 0.0484. The van der Waals surface area contributed by atoms with Crippen LogP contribution >= 0.6 is 0 Å². The predicted octanol–water partition coefficient (Wildman–Crippen LogP) is 4.31. The van der Waals surface area contributed by atoms with Gasteiger partial charge in [0.05, 0.1) is 19.8 Å². The SMILES string of the molecule is COc1ccc2c(c1)C13CCN(CC4CC4)C(C2)C1OCC(C)(NCc1ccccc1)C3. The van der Waals surface area contributed by atoms with Crippen LogP contribution in [0.2, 0.25) is 0 Å². The maximum absolute atomic E-state index is 6.86. The van der Waals surface area contributed by atoms with E-state index in [1.807, 2.05) is 0 Å². The maximum Gasteiger partial charge on any atom is 0.119 e. The second-order valence-electron chi connectivity index (χ2n) is 10.9. The Kier molecular flexibility index (Phi) is 5.09. The van der Waals surface area contributed by atoms with Crippen LogP contribution in [-0.2, 0) is 23.1 Å². The van der Waals surface area contributed by atoms with E-state index in [-0.39, 0.29) is 17.1 Å². The van der Waals surface area contributed by atoms with Crippen molar-refractivity contribution in [3.8, 4) is 5.75 Å². The van der Waals surface area contributed by atoms with E-state index in [4.69, 9.17) is 9.47 Å². The second kappa shape index (κ2) is 7.86. The van der Waals surface area contributed by atoms with Crippen molar-refractivity contribution in [3.63, 3.8) is 0 Å². The van der Waals surface area contributed by atoms with Crippen LogP contribution in [0.5, 0.6) is 5.75 Å². The van der Waals surface area contributed by atoms with Crippen molar-refractivity contribution in [2.24, 2.45) is 5.92 Å². The Morgan fingerprint density at radius 3 is 2.78 bits per heavy atom. The molecule has 2 saturated heterocycles. The summed E-state index contributed by atoms with van der Waals surface area (Å²) in [6.45, 7) is 6.46. The summed E-state index contributed by atoms with van der Waals surface area (Å²) in [4.78, 5) is 2.77. The van der Waals surface area contributed by atoms with Crippen LogP contribution in [0.4, 0.5) is 0 Å². The molecule has 0 spiro atoms. The van der Waals surface area contributed by atoms with Crippen LogP contribution in [0.1, 0.15) is 49.3 Å². The summed E-state index contributed by atoms with van der Waals surface area (Å²) < 4.78 is 12.5. The number of fused-ring (bicyclic) bond motifs is 1. The third kappa shape index (κ3) is 3.57. The van der Waals surface area contributed by atoms with Gasteiger partial charge in [-0.1, -0.05) is 36.4 Å². The normalized spacial score (nSPS) is 33.9. The Balaban J connectivity index is 1.33. The third-order valence-corrected chi connectivity index (χ3v) is 8.53. The molecule has 6 rings (SSSR count). The Bertz CT molecular complexity index is 975. The highest BCUT2D eigenvalue weighted by Gasteiger charge is 2.59. The number of benzene rings is 2. The smallest absolute Gasteiger partial charge is 0.119 e. The van der Waals surface area contributed by atoms with Gasteiger partial charge in [0.1, 0.15) is 5.75 Å². The lowest BCUT2D eigenvalue weighted by atomic mass is 9.56. The zero-order valence-electron chi connectivity index (χ0n) is 19.5. The molecule has 0 aromatic heterocycles. The van der Waals surface area contributed by atoms with Gasteiger partial charge in [0.15, 0.2) is 0 Å². The van der Waals surface area contributed by atoms with Gasteiger partial charge in [-0.15, -0.1) is 0 Å². The van der Waals surface area contributed by atoms with Gasteiger partial charge in [-0.3, -0.25) is 4.90 Å². The molecule has 1 N–H and O–H groups in total. The highest BCUT2D eigenvalue weighted by Crippen LogP contribution is 2.54. The molecule has 0 amide bonds. The lowest BCUT2D eigenvalue weighted by Crippen LogP contribution is -2.70. The molecular weight excluding hydrogens is 396 g/mol. The van der Waals surface area contributed by atoms with Gasteiger partial charge < -0.3 is 14.8 Å². The molecule has 1 saturated carbocycles. The predicted molar refractivity (Wildman–Crippen MR) is 127 cm³/mol. The van der Waals surface area contributed by atoms with Crippen LogP contribution in [0, 0.1) is 5.92 Å². The number of nitrogens with zero attached hydrogens (tertiary/aromatic N) is 1. The van der Waals surface area contributed by atoms with E-state index in [2.05, 4.69) is 65.7 Å². The van der Waals surface area contributed by atoms with Crippen LogP contribution in [0.15, 0.2) is 48.5 Å². The van der Waals surface area contributed by atoms with Crippen LogP contribution in [0.3, 0.4) is 0 Å². The van der Waals surface area contributed by atoms with E-state index in [9.17, 15) is 0 Å². The molecule has 4 heteroatoms. The number of hydrogen-bond donors (Lipinski definition) is 1. The average molecular weight is 433 g/mol. The summed E-state index contributed by atoms with van der Waals surface area (Å²) >= 11 is 0. The van der Waals surface area contributed by atoms with E-state index in [1.165, 1.54) is 49.0 Å². The van der Waals surface area contributed by atoms with E-state index in [1.54, 1.807) is 7.11 Å². The maximum atomic E-state index is 6.86. The van der Waals surface area contributed by atoms with Crippen molar-refractivity contribution >= 4 is 0 Å². The number of methoxy groups -OCH3 is 1. The van der Waals surface area contributed by atoms with Crippen molar-refractivity contribution < 1.29 is 9.47 Å². The monoisotopic (exact) mass is 432 g/mol. The van der Waals surface area contributed by atoms with E-state index >= 15 is 0 Å². The number of nitrogens with one attached hydrogen (secondary N) is 1. The molecule has 170 valence electrons. The Morgan fingerprint density at radius 2 is 2.00 bits per heavy atom. The molecule has 2 bridgehead atoms. The Labute approximate surface area is 192 Å². The lowest BCUT2D eigenvalue weighted by Gasteiger charge is -2.61. The summed E-state index contributed by atoms with van der Waals surface area (Å²) in [7, 11) is 1.78. The fourth-order valence-electron chi connectivity index (χ4n) is 6.74. The van der Waals surface area contributed by atoms with Gasteiger partial charge in [-0.2, -0.15) is 0 Å². The summed E-state index contributed by atoms with van der Waals surface area (Å²) in [5.41, 5.74) is 4.33. The van der Waals surface area contributed by atoms with Crippen molar-refractivity contribution in [3.05, 3.63) is 65.2 Å². The Hall–Kier alpha value is -1.88. The van der Waals surface area contributed by atoms with Gasteiger partial charge in [0, 0.05) is 30.1 Å². The van der Waals surface area contributed by atoms with E-state index < -0.39 is 0 Å². The first kappa shape index (κ1) is 20.7. The molecule has 4 aliphatic rings. The van der Waals surface area contributed by atoms with Crippen LogP contribution in [-0.4, -0.2) is 49.4 Å². The molecule has 0 radical (unpaired) electrons. The molecule has 4 atom stereocenters. The molecule has 2 aliphatic heterocycles. The van der Waals surface area contributed by atoms with E-state index in [0.29, 0.717) is 6.04 Å². The lowest BCUT2D eigenvalue weighted by molar-refractivity contribution is -0.155. The fourth-order valence-corrected chi connectivity index (χ4v) is 6.74. The number of piperidine rings is 1. The number of rotatable bonds is 6. The molecule has 2 aromatic rings. The summed E-state index contributed by atoms with van der Waals surface area (Å²) in [5, 5.41) is 3.89. The minimum atomic E-state index is -0.0484. The Morgan fingerprint density at radius 1 is 1.16 bits per heavy atom. The highest BCUT2D eigenvalue weighted by atomic mass is 16.5. The van der Waals surface area contributed by atoms with Crippen LogP contribution < -0.4 is 10.1 Å². The third-order valence-electron chi connectivity index (χ3n) is 8.53. The number of ether oxygens (including phenoxy) is 2. The molecule has 4 unspecified atom stereocenters. The van der Waals surface area contributed by atoms with Gasteiger partial charge in [0.25, 0.3) is 0 Å². The van der Waals surface area contributed by atoms with Crippen molar-refractivity contribution in [2.45, 2.75) is 68.7 Å². The standard InChI is InChI=1S/C28H36N2O2/c1-27(29-16-20-6-4-3-5-7-20)18-28-12-13-30(17-21-8-9-21)25(26(28)32-19-27)14-22-10-11-23(31-2)15-24(22)28/h3-7,10-11,15,21,25-26,29H,8-9,12-14,16-19H2,1-2H3. The topological polar surface area (TPSA) is 33.7 Å². The van der Waals surface area contributed by atoms with Crippen molar-refractivity contribution in [2.75, 3.05) is 26.8 Å². The van der Waals surface area contributed by atoms with Crippen LogP contribution in [0.25, 0.3) is 0 Å². The highest BCUT2D eigenvalue weighted by molar-refractivity contribution is 5.47. The quantitative estimate of drug-likeness (QED) is 0.738. The average Bonchev–Trinajstić information content (AvgIpc) is 3.64. The van der Waals surface area contributed by atoms with Gasteiger partial charge in [-0.25, -0.2) is 0 Å². The second-order valence-corrected chi connectivity index (χ2v) is 10.9. The molecule has 2 heterocycles. The first-order chi connectivity index (χ1) is 15.6. The zero-order valence-corrected chi connectivity index (χ0v) is 19.5. The zero-order chi connectivity index (χ0) is 21.8. The summed E-state index contributed by atoms with van der Waals surface area (Å²) in [5.74, 6) is 1.89. The van der Waals surface area contributed by atoms with Crippen molar-refractivity contribution in [1.82, 2.24) is 10.2 Å². The van der Waals surface area contributed by atoms with E-state index in [0.717, 1.165) is 37.7 Å². The van der Waals surface area contributed by atoms with Gasteiger partial charge in [0.2, 0.25) is 0 Å². The van der Waals surface area contributed by atoms with Gasteiger partial charge in [-0.05, 0) is 80.3 Å². The summed E-state index contributed by atoms with van der Waals surface area (Å²) in [6.07, 6.45) is 6.49. The number of hydrogen-bond acceptors (Lipinski definition) is 4.